The molecule has 2 aromatic rings. The van der Waals surface area contributed by atoms with E-state index in [1.54, 1.807) is 19.2 Å². The van der Waals surface area contributed by atoms with Crippen LogP contribution in [0.3, 0.4) is 0 Å². The number of aromatic hydroxyl groups is 1. The third kappa shape index (κ3) is 3.42. The van der Waals surface area contributed by atoms with Crippen molar-refractivity contribution in [1.82, 2.24) is 0 Å². The smallest absolute Gasteiger partial charge is 0.231 e. The normalized spacial score (nSPS) is 16.2. The van der Waals surface area contributed by atoms with Crippen LogP contribution in [0.2, 0.25) is 0 Å². The predicted molar refractivity (Wildman–Crippen MR) is 90.1 cm³/mol. The van der Waals surface area contributed by atoms with Gasteiger partial charge in [-0.1, -0.05) is 15.9 Å². The molecule has 5 nitrogen and oxygen atoms in total. The molecule has 1 unspecified atom stereocenters. The Balaban J connectivity index is 1.73. The van der Waals surface area contributed by atoms with Gasteiger partial charge in [-0.3, -0.25) is 4.79 Å². The van der Waals surface area contributed by atoms with Crippen molar-refractivity contribution in [2.45, 2.75) is 6.42 Å². The summed E-state index contributed by atoms with van der Waals surface area (Å²) in [6, 6.07) is 10.5. The number of amides is 1. The predicted octanol–water partition coefficient (Wildman–Crippen LogP) is 3.35. The minimum atomic E-state index is -0.322. The van der Waals surface area contributed by atoms with E-state index in [2.05, 4.69) is 21.2 Å². The maximum Gasteiger partial charge on any atom is 0.231 e. The molecule has 1 aliphatic rings. The Labute approximate surface area is 142 Å². The van der Waals surface area contributed by atoms with Crippen molar-refractivity contribution in [2.75, 3.05) is 19.0 Å². The molecule has 6 heteroatoms. The van der Waals surface area contributed by atoms with E-state index in [0.29, 0.717) is 18.7 Å². The summed E-state index contributed by atoms with van der Waals surface area (Å²) in [7, 11) is 1.60. The number of rotatable bonds is 3. The van der Waals surface area contributed by atoms with Crippen LogP contribution in [-0.4, -0.2) is 24.7 Å². The Hall–Kier alpha value is -2.21. The third-order valence-corrected chi connectivity index (χ3v) is 4.26. The first-order chi connectivity index (χ1) is 11.1. The van der Waals surface area contributed by atoms with Crippen LogP contribution in [0.5, 0.6) is 17.2 Å². The van der Waals surface area contributed by atoms with Gasteiger partial charge in [-0.15, -0.1) is 0 Å². The van der Waals surface area contributed by atoms with Crippen LogP contribution in [0.1, 0.15) is 5.56 Å². The zero-order chi connectivity index (χ0) is 16.4. The Morgan fingerprint density at radius 2 is 2.17 bits per heavy atom. The van der Waals surface area contributed by atoms with Crippen molar-refractivity contribution < 1.29 is 19.4 Å². The number of ether oxygens (including phenoxy) is 2. The van der Waals surface area contributed by atoms with Gasteiger partial charge in [0.05, 0.1) is 18.7 Å². The molecule has 0 saturated carbocycles. The molecule has 0 saturated heterocycles. The van der Waals surface area contributed by atoms with Gasteiger partial charge in [-0.05, 0) is 48.4 Å². The number of phenols is 1. The molecular formula is C17H16BrNO4. The number of benzene rings is 2. The highest BCUT2D eigenvalue weighted by Gasteiger charge is 2.27. The van der Waals surface area contributed by atoms with E-state index in [-0.39, 0.29) is 17.6 Å². The Morgan fingerprint density at radius 1 is 1.35 bits per heavy atom. The fourth-order valence-corrected chi connectivity index (χ4v) is 2.86. The summed E-state index contributed by atoms with van der Waals surface area (Å²) in [6.07, 6.45) is 0.565. The van der Waals surface area contributed by atoms with Gasteiger partial charge < -0.3 is 19.9 Å². The lowest BCUT2D eigenvalue weighted by atomic mass is 9.95. The monoisotopic (exact) mass is 377 g/mol. The molecular weight excluding hydrogens is 362 g/mol. The molecule has 3 rings (SSSR count). The summed E-state index contributed by atoms with van der Waals surface area (Å²) in [5.74, 6) is 1.03. The molecule has 0 bridgehead atoms. The number of hydrogen-bond donors (Lipinski definition) is 2. The molecule has 2 N–H and O–H groups in total. The Bertz CT molecular complexity index is 747. The van der Waals surface area contributed by atoms with Crippen LogP contribution in [0.25, 0.3) is 0 Å². The van der Waals surface area contributed by atoms with Crippen molar-refractivity contribution in [3.8, 4) is 17.2 Å². The summed E-state index contributed by atoms with van der Waals surface area (Å²) in [5.41, 5.74) is 1.32. The molecule has 0 aliphatic carbocycles. The van der Waals surface area contributed by atoms with Crippen LogP contribution in [-0.2, 0) is 11.2 Å². The first-order valence-corrected chi connectivity index (χ1v) is 7.95. The quantitative estimate of drug-likeness (QED) is 0.804. The van der Waals surface area contributed by atoms with E-state index in [4.69, 9.17) is 9.47 Å². The number of fused-ring (bicyclic) bond motifs is 1. The lowest BCUT2D eigenvalue weighted by Crippen LogP contribution is -2.32. The number of phenolic OH excluding ortho intramolecular Hbond substituents is 1. The van der Waals surface area contributed by atoms with Crippen molar-refractivity contribution >= 4 is 27.5 Å². The number of hydrogen-bond acceptors (Lipinski definition) is 4. The van der Waals surface area contributed by atoms with Gasteiger partial charge in [-0.2, -0.15) is 0 Å². The third-order valence-electron chi connectivity index (χ3n) is 3.76. The first kappa shape index (κ1) is 15.7. The standard InChI is InChI=1S/C17H16BrNO4/c1-22-13-3-5-16-10(7-13)6-11(9-23-16)17(21)19-14-4-2-12(18)8-15(14)20/h2-5,7-8,11,20H,6,9H2,1H3,(H,19,21). The number of halogens is 1. The minimum absolute atomic E-state index is 0.0199. The molecule has 0 aromatic heterocycles. The van der Waals surface area contributed by atoms with E-state index in [1.807, 2.05) is 18.2 Å². The van der Waals surface area contributed by atoms with E-state index >= 15 is 0 Å². The molecule has 1 amide bonds. The van der Waals surface area contributed by atoms with E-state index in [1.165, 1.54) is 6.07 Å². The molecule has 1 heterocycles. The Morgan fingerprint density at radius 3 is 2.91 bits per heavy atom. The number of methoxy groups -OCH3 is 1. The van der Waals surface area contributed by atoms with E-state index in [0.717, 1.165) is 21.5 Å². The molecule has 0 spiro atoms. The maximum atomic E-state index is 12.4. The van der Waals surface area contributed by atoms with Gasteiger partial charge in [-0.25, -0.2) is 0 Å². The zero-order valence-electron chi connectivity index (χ0n) is 12.5. The van der Waals surface area contributed by atoms with Crippen LogP contribution >= 0.6 is 15.9 Å². The van der Waals surface area contributed by atoms with Gasteiger partial charge in [0.15, 0.2) is 0 Å². The SMILES string of the molecule is COc1ccc2c(c1)CC(C(=O)Nc1ccc(Br)cc1O)CO2. The van der Waals surface area contributed by atoms with Crippen LogP contribution < -0.4 is 14.8 Å². The topological polar surface area (TPSA) is 67.8 Å². The summed E-state index contributed by atoms with van der Waals surface area (Å²) < 4.78 is 11.6. The fourth-order valence-electron chi connectivity index (χ4n) is 2.51. The molecule has 120 valence electrons. The van der Waals surface area contributed by atoms with Crippen LogP contribution in [0.4, 0.5) is 5.69 Å². The molecule has 1 atom stereocenters. The van der Waals surface area contributed by atoms with E-state index < -0.39 is 0 Å². The second-order valence-corrected chi connectivity index (χ2v) is 6.25. The molecule has 2 aromatic carbocycles. The van der Waals surface area contributed by atoms with Gasteiger partial charge in [0.2, 0.25) is 5.91 Å². The highest BCUT2D eigenvalue weighted by Crippen LogP contribution is 2.32. The van der Waals surface area contributed by atoms with Crippen molar-refractivity contribution in [2.24, 2.45) is 5.92 Å². The van der Waals surface area contributed by atoms with Crippen molar-refractivity contribution in [3.05, 3.63) is 46.4 Å². The van der Waals surface area contributed by atoms with E-state index in [9.17, 15) is 9.90 Å². The number of carbonyl (C=O) groups is 1. The van der Waals surface area contributed by atoms with Crippen molar-refractivity contribution in [1.29, 1.82) is 0 Å². The highest BCUT2D eigenvalue weighted by atomic mass is 79.9. The van der Waals surface area contributed by atoms with Crippen molar-refractivity contribution in [3.63, 3.8) is 0 Å². The molecule has 1 aliphatic heterocycles. The average Bonchev–Trinajstić information content (AvgIpc) is 2.56. The lowest BCUT2D eigenvalue weighted by Gasteiger charge is -2.25. The lowest BCUT2D eigenvalue weighted by molar-refractivity contribution is -0.121. The van der Waals surface area contributed by atoms with Crippen LogP contribution in [0, 0.1) is 5.92 Å². The molecule has 0 radical (unpaired) electrons. The zero-order valence-corrected chi connectivity index (χ0v) is 14.1. The second-order valence-electron chi connectivity index (χ2n) is 5.34. The van der Waals surface area contributed by atoms with Gasteiger partial charge in [0, 0.05) is 4.47 Å². The highest BCUT2D eigenvalue weighted by molar-refractivity contribution is 9.10. The summed E-state index contributed by atoms with van der Waals surface area (Å²) in [6.45, 7) is 0.308. The first-order valence-electron chi connectivity index (χ1n) is 7.16. The van der Waals surface area contributed by atoms with Gasteiger partial charge >= 0.3 is 0 Å². The summed E-state index contributed by atoms with van der Waals surface area (Å²) in [5, 5.41) is 12.6. The fraction of sp³-hybridized carbons (Fsp3) is 0.235. The van der Waals surface area contributed by atoms with Gasteiger partial charge in [0.1, 0.15) is 23.9 Å². The average molecular weight is 378 g/mol. The van der Waals surface area contributed by atoms with Crippen LogP contribution in [0.15, 0.2) is 40.9 Å². The summed E-state index contributed by atoms with van der Waals surface area (Å²) >= 11 is 3.27. The largest absolute Gasteiger partial charge is 0.506 e. The number of anilines is 1. The number of nitrogens with one attached hydrogen (secondary N) is 1. The molecule has 23 heavy (non-hydrogen) atoms. The molecule has 0 fully saturated rings. The minimum Gasteiger partial charge on any atom is -0.506 e. The number of carbonyl (C=O) groups excluding carboxylic acids is 1. The Kier molecular flexibility index (Phi) is 4.43. The summed E-state index contributed by atoms with van der Waals surface area (Å²) in [4.78, 5) is 12.4. The second kappa shape index (κ2) is 6.50. The maximum absolute atomic E-state index is 12.4. The van der Waals surface area contributed by atoms with Gasteiger partial charge in [0.25, 0.3) is 0 Å².